The molecule has 0 amide bonds. The molecule has 2 aromatic carbocycles. The van der Waals surface area contributed by atoms with Crippen molar-refractivity contribution in [2.45, 2.75) is 19.3 Å². The number of fused-ring (bicyclic) bond motifs is 1. The largest absolute Gasteiger partial charge is 0.347 e. The molecule has 0 radical (unpaired) electrons. The third-order valence-electron chi connectivity index (χ3n) is 4.34. The van der Waals surface area contributed by atoms with Crippen molar-refractivity contribution >= 4 is 34.1 Å². The number of anilines is 1. The Morgan fingerprint density at radius 2 is 1.73 bits per heavy atom. The molecule has 2 aromatic rings. The Morgan fingerprint density at radius 1 is 1.09 bits per heavy atom. The van der Waals surface area contributed by atoms with Crippen molar-refractivity contribution in [2.75, 3.05) is 11.9 Å². The molecule has 3 rings (SSSR count). The Kier molecular flexibility index (Phi) is 3.85. The van der Waals surface area contributed by atoms with E-state index in [1.165, 1.54) is 11.3 Å². The molecule has 0 N–H and O–H groups in total. The van der Waals surface area contributed by atoms with E-state index in [9.17, 15) is 4.79 Å². The molecular weight excluding hydrogens is 385 g/mol. The van der Waals surface area contributed by atoms with Crippen LogP contribution in [0.25, 0.3) is 0 Å². The average molecular weight is 403 g/mol. The van der Waals surface area contributed by atoms with Gasteiger partial charge >= 0.3 is 0 Å². The van der Waals surface area contributed by atoms with Crippen molar-refractivity contribution in [3.05, 3.63) is 75.0 Å². The zero-order chi connectivity index (χ0) is 15.9. The Bertz CT molecular complexity index is 759. The molecule has 0 aliphatic carbocycles. The molecule has 0 aromatic heterocycles. The van der Waals surface area contributed by atoms with Gasteiger partial charge in [0, 0.05) is 39.1 Å². The lowest BCUT2D eigenvalue weighted by Gasteiger charge is -2.24. The fraction of sp³-hybridized carbons (Fsp3) is 0.211. The van der Waals surface area contributed by atoms with Crippen molar-refractivity contribution < 1.29 is 4.79 Å². The van der Waals surface area contributed by atoms with Crippen molar-refractivity contribution in [3.8, 4) is 0 Å². The normalized spacial score (nSPS) is 17.6. The first-order valence-electron chi connectivity index (χ1n) is 7.26. The maximum absolute atomic E-state index is 12.6. The van der Waals surface area contributed by atoms with Crippen LogP contribution in [0.4, 0.5) is 5.69 Å². The number of allylic oxidation sites excluding steroid dienone is 2. The minimum Gasteiger partial charge on any atom is -0.347 e. The third-order valence-corrected chi connectivity index (χ3v) is 5.06. The van der Waals surface area contributed by atoms with Crippen LogP contribution in [0.2, 0.25) is 0 Å². The maximum Gasteiger partial charge on any atom is 0.187 e. The molecule has 22 heavy (non-hydrogen) atoms. The van der Waals surface area contributed by atoms with Gasteiger partial charge in [0.05, 0.1) is 0 Å². The average Bonchev–Trinajstić information content (AvgIpc) is 2.69. The van der Waals surface area contributed by atoms with E-state index in [1.54, 1.807) is 6.08 Å². The minimum absolute atomic E-state index is 0.0548. The van der Waals surface area contributed by atoms with Crippen molar-refractivity contribution in [1.29, 1.82) is 0 Å². The van der Waals surface area contributed by atoms with Crippen molar-refractivity contribution in [1.82, 2.24) is 0 Å². The first-order chi connectivity index (χ1) is 10.4. The number of carbonyl (C=O) groups excluding carboxylic acids is 1. The fourth-order valence-corrected chi connectivity index (χ4v) is 3.44. The summed E-state index contributed by atoms with van der Waals surface area (Å²) in [6.07, 6.45) is 1.78. The number of nitrogens with zero attached hydrogens (tertiary/aromatic N) is 1. The van der Waals surface area contributed by atoms with E-state index < -0.39 is 0 Å². The Morgan fingerprint density at radius 3 is 2.36 bits per heavy atom. The summed E-state index contributed by atoms with van der Waals surface area (Å²) in [4.78, 5) is 14.7. The van der Waals surface area contributed by atoms with Crippen LogP contribution in [0.3, 0.4) is 0 Å². The van der Waals surface area contributed by atoms with Gasteiger partial charge in [0.1, 0.15) is 0 Å². The van der Waals surface area contributed by atoms with E-state index >= 15 is 0 Å². The summed E-state index contributed by atoms with van der Waals surface area (Å²) >= 11 is 2.24. The molecule has 0 saturated heterocycles. The van der Waals surface area contributed by atoms with Crippen LogP contribution < -0.4 is 4.90 Å². The van der Waals surface area contributed by atoms with Gasteiger partial charge < -0.3 is 4.90 Å². The molecule has 0 spiro atoms. The Hall–Kier alpha value is -1.62. The van der Waals surface area contributed by atoms with Gasteiger partial charge in [-0.3, -0.25) is 4.79 Å². The highest BCUT2D eigenvalue weighted by Gasteiger charge is 2.38. The zero-order valence-corrected chi connectivity index (χ0v) is 15.1. The maximum atomic E-state index is 12.6. The molecule has 0 atom stereocenters. The van der Waals surface area contributed by atoms with Crippen LogP contribution in [0.15, 0.2) is 60.3 Å². The second-order valence-electron chi connectivity index (χ2n) is 6.10. The fourth-order valence-electron chi connectivity index (χ4n) is 3.08. The van der Waals surface area contributed by atoms with Gasteiger partial charge in [0.2, 0.25) is 0 Å². The topological polar surface area (TPSA) is 20.3 Å². The Balaban J connectivity index is 2.01. The van der Waals surface area contributed by atoms with Gasteiger partial charge in [-0.05, 0) is 46.4 Å². The summed E-state index contributed by atoms with van der Waals surface area (Å²) in [5.74, 6) is 0.0548. The van der Waals surface area contributed by atoms with E-state index in [4.69, 9.17) is 0 Å². The predicted molar refractivity (Wildman–Crippen MR) is 99.4 cm³/mol. The molecule has 2 nitrogen and oxygen atoms in total. The number of benzene rings is 2. The van der Waals surface area contributed by atoms with E-state index in [0.717, 1.165) is 14.8 Å². The van der Waals surface area contributed by atoms with Crippen LogP contribution in [0.5, 0.6) is 0 Å². The standard InChI is InChI=1S/C19H18INO/c1-19(2)15-6-4-5-7-16(15)21(3)18(19)12-17(22)13-8-10-14(20)11-9-13/h4-12H,1-3H3/b18-12-. The van der Waals surface area contributed by atoms with Gasteiger partial charge in [-0.2, -0.15) is 0 Å². The van der Waals surface area contributed by atoms with Gasteiger partial charge in [0.15, 0.2) is 5.78 Å². The monoisotopic (exact) mass is 403 g/mol. The molecule has 1 heterocycles. The molecule has 0 saturated carbocycles. The number of para-hydroxylation sites is 1. The lowest BCUT2D eigenvalue weighted by molar-refractivity contribution is 0.104. The molecule has 0 fully saturated rings. The molecule has 0 unspecified atom stereocenters. The van der Waals surface area contributed by atoms with Crippen LogP contribution in [-0.2, 0) is 5.41 Å². The molecule has 1 aliphatic rings. The second kappa shape index (κ2) is 5.54. The number of ketones is 1. The van der Waals surface area contributed by atoms with E-state index in [-0.39, 0.29) is 11.2 Å². The van der Waals surface area contributed by atoms with Gasteiger partial charge in [-0.25, -0.2) is 0 Å². The predicted octanol–water partition coefficient (Wildman–Crippen LogP) is 4.79. The van der Waals surface area contributed by atoms with Gasteiger partial charge in [0.25, 0.3) is 0 Å². The molecule has 3 heteroatoms. The summed E-state index contributed by atoms with van der Waals surface area (Å²) in [5.41, 5.74) is 4.04. The van der Waals surface area contributed by atoms with Crippen LogP contribution in [-0.4, -0.2) is 12.8 Å². The highest BCUT2D eigenvalue weighted by molar-refractivity contribution is 14.1. The van der Waals surface area contributed by atoms with Crippen LogP contribution >= 0.6 is 22.6 Å². The SMILES string of the molecule is CN1/C(=C\C(=O)c2ccc(I)cc2)C(C)(C)c2ccccc21. The highest BCUT2D eigenvalue weighted by atomic mass is 127. The number of carbonyl (C=O) groups is 1. The van der Waals surface area contributed by atoms with Gasteiger partial charge in [-0.1, -0.05) is 44.2 Å². The number of likely N-dealkylation sites (N-methyl/N-ethyl adjacent to an activating group) is 1. The first-order valence-corrected chi connectivity index (χ1v) is 8.34. The summed E-state index contributed by atoms with van der Waals surface area (Å²) in [6.45, 7) is 4.34. The first kappa shape index (κ1) is 15.3. The van der Waals surface area contributed by atoms with E-state index in [0.29, 0.717) is 0 Å². The number of hydrogen-bond donors (Lipinski definition) is 0. The van der Waals surface area contributed by atoms with E-state index in [2.05, 4.69) is 59.5 Å². The van der Waals surface area contributed by atoms with E-state index in [1.807, 2.05) is 37.4 Å². The van der Waals surface area contributed by atoms with Crippen LogP contribution in [0, 0.1) is 3.57 Å². The van der Waals surface area contributed by atoms with Crippen molar-refractivity contribution in [2.24, 2.45) is 0 Å². The quantitative estimate of drug-likeness (QED) is 0.409. The second-order valence-corrected chi connectivity index (χ2v) is 7.35. The molecular formula is C19H18INO. The number of hydrogen-bond acceptors (Lipinski definition) is 2. The van der Waals surface area contributed by atoms with Crippen LogP contribution in [0.1, 0.15) is 29.8 Å². The smallest absolute Gasteiger partial charge is 0.187 e. The lowest BCUT2D eigenvalue weighted by Crippen LogP contribution is -2.24. The number of halogens is 1. The summed E-state index contributed by atoms with van der Waals surface area (Å²) in [5, 5.41) is 0. The third kappa shape index (κ3) is 2.47. The lowest BCUT2D eigenvalue weighted by atomic mass is 9.83. The minimum atomic E-state index is -0.162. The zero-order valence-electron chi connectivity index (χ0n) is 12.9. The number of rotatable bonds is 2. The van der Waals surface area contributed by atoms with Gasteiger partial charge in [-0.15, -0.1) is 0 Å². The molecule has 1 aliphatic heterocycles. The highest BCUT2D eigenvalue weighted by Crippen LogP contribution is 2.46. The molecule has 112 valence electrons. The van der Waals surface area contributed by atoms with Crippen molar-refractivity contribution in [3.63, 3.8) is 0 Å². The Labute approximate surface area is 145 Å². The summed E-state index contributed by atoms with van der Waals surface area (Å²) < 4.78 is 1.13. The molecule has 0 bridgehead atoms. The summed E-state index contributed by atoms with van der Waals surface area (Å²) in [7, 11) is 2.03. The summed E-state index contributed by atoms with van der Waals surface area (Å²) in [6, 6.07) is 16.0.